The summed E-state index contributed by atoms with van der Waals surface area (Å²) in [5, 5.41) is 8.09. The van der Waals surface area contributed by atoms with Crippen LogP contribution < -0.4 is 4.74 Å². The molecule has 3 aromatic rings. The van der Waals surface area contributed by atoms with E-state index < -0.39 is 0 Å². The molecule has 0 N–H and O–H groups in total. The Labute approximate surface area is 140 Å². The largest absolute Gasteiger partial charge is 0.489 e. The van der Waals surface area contributed by atoms with Crippen molar-refractivity contribution in [2.75, 3.05) is 0 Å². The summed E-state index contributed by atoms with van der Waals surface area (Å²) in [4.78, 5) is 1.19. The van der Waals surface area contributed by atoms with E-state index >= 15 is 0 Å². The van der Waals surface area contributed by atoms with Gasteiger partial charge in [-0.15, -0.1) is 22.0 Å². The zero-order valence-electron chi connectivity index (χ0n) is 11.6. The first kappa shape index (κ1) is 13.8. The fourth-order valence-electron chi connectivity index (χ4n) is 2.38. The summed E-state index contributed by atoms with van der Waals surface area (Å²) < 4.78 is 9.02. The van der Waals surface area contributed by atoms with Gasteiger partial charge in [0.05, 0.1) is 11.4 Å². The Morgan fingerprint density at radius 3 is 3.05 bits per heavy atom. The van der Waals surface area contributed by atoms with Crippen LogP contribution in [0.15, 0.2) is 58.2 Å². The lowest BCUT2D eigenvalue weighted by molar-refractivity contribution is 0.304. The highest BCUT2D eigenvalue weighted by Gasteiger charge is 2.18. The van der Waals surface area contributed by atoms with Crippen LogP contribution in [0, 0.1) is 0 Å². The van der Waals surface area contributed by atoms with E-state index in [4.69, 9.17) is 4.74 Å². The monoisotopic (exact) mass is 373 g/mol. The number of ether oxygens (including phenoxy) is 1. The molecule has 1 aliphatic heterocycles. The molecule has 2 heterocycles. The number of hydrogen-bond acceptors (Lipinski definition) is 4. The number of thioether (sulfide) groups is 1. The van der Waals surface area contributed by atoms with Gasteiger partial charge in [-0.05, 0) is 24.3 Å². The van der Waals surface area contributed by atoms with Crippen molar-refractivity contribution in [1.29, 1.82) is 0 Å². The molecule has 110 valence electrons. The van der Waals surface area contributed by atoms with Gasteiger partial charge in [0.25, 0.3) is 0 Å². The molecular weight excluding hydrogens is 362 g/mol. The topological polar surface area (TPSA) is 39.9 Å². The molecule has 0 unspecified atom stereocenters. The molecule has 4 nitrogen and oxygen atoms in total. The summed E-state index contributed by atoms with van der Waals surface area (Å²) >= 11 is 5.30. The smallest absolute Gasteiger partial charge is 0.147 e. The van der Waals surface area contributed by atoms with Crippen LogP contribution in [0.25, 0.3) is 5.69 Å². The summed E-state index contributed by atoms with van der Waals surface area (Å²) in [6.07, 6.45) is 1.76. The van der Waals surface area contributed by atoms with Crippen molar-refractivity contribution in [2.24, 2.45) is 0 Å². The van der Waals surface area contributed by atoms with Crippen molar-refractivity contribution in [3.63, 3.8) is 0 Å². The second-order valence-corrected chi connectivity index (χ2v) is 6.79. The SMILES string of the molecule is Brc1ccccc1COc1ccc2c(c1)SCc1nncn1-2. The van der Waals surface area contributed by atoms with E-state index in [0.29, 0.717) is 6.61 Å². The Kier molecular flexibility index (Phi) is 3.63. The van der Waals surface area contributed by atoms with Crippen molar-refractivity contribution >= 4 is 27.7 Å². The van der Waals surface area contributed by atoms with Crippen LogP contribution in [-0.4, -0.2) is 14.8 Å². The number of hydrogen-bond donors (Lipinski definition) is 0. The zero-order valence-corrected chi connectivity index (χ0v) is 14.0. The van der Waals surface area contributed by atoms with Crippen molar-refractivity contribution in [1.82, 2.24) is 14.8 Å². The average Bonchev–Trinajstić information content (AvgIpc) is 3.03. The van der Waals surface area contributed by atoms with E-state index in [1.165, 1.54) is 4.90 Å². The van der Waals surface area contributed by atoms with E-state index in [0.717, 1.165) is 33.1 Å². The Bertz CT molecular complexity index is 834. The van der Waals surface area contributed by atoms with Crippen LogP contribution in [-0.2, 0) is 12.4 Å². The standard InChI is InChI=1S/C16H12BrN3OS/c17-13-4-2-1-3-11(13)8-21-12-5-6-14-15(7-12)22-9-16-19-18-10-20(14)16/h1-7,10H,8-9H2. The third kappa shape index (κ3) is 2.53. The second kappa shape index (κ2) is 5.78. The first-order chi connectivity index (χ1) is 10.8. The van der Waals surface area contributed by atoms with E-state index in [-0.39, 0.29) is 0 Å². The molecule has 1 aliphatic rings. The molecular formula is C16H12BrN3OS. The summed E-state index contributed by atoms with van der Waals surface area (Å²) in [5.41, 5.74) is 2.25. The molecule has 0 bridgehead atoms. The minimum atomic E-state index is 0.544. The van der Waals surface area contributed by atoms with Gasteiger partial charge in [0.1, 0.15) is 24.5 Å². The zero-order chi connectivity index (χ0) is 14.9. The van der Waals surface area contributed by atoms with Crippen LogP contribution in [0.4, 0.5) is 0 Å². The van der Waals surface area contributed by atoms with Crippen LogP contribution in [0.1, 0.15) is 11.4 Å². The lowest BCUT2D eigenvalue weighted by atomic mass is 10.2. The third-order valence-electron chi connectivity index (χ3n) is 3.52. The van der Waals surface area contributed by atoms with Gasteiger partial charge in [-0.2, -0.15) is 0 Å². The quantitative estimate of drug-likeness (QED) is 0.689. The minimum Gasteiger partial charge on any atom is -0.489 e. The molecule has 0 saturated heterocycles. The van der Waals surface area contributed by atoms with Gasteiger partial charge >= 0.3 is 0 Å². The Morgan fingerprint density at radius 1 is 1.23 bits per heavy atom. The van der Waals surface area contributed by atoms with Crippen LogP contribution in [0.3, 0.4) is 0 Å². The lowest BCUT2D eigenvalue weighted by Crippen LogP contribution is -2.06. The molecule has 0 aliphatic carbocycles. The number of fused-ring (bicyclic) bond motifs is 3. The maximum Gasteiger partial charge on any atom is 0.147 e. The minimum absolute atomic E-state index is 0.544. The predicted octanol–water partition coefficient (Wildman–Crippen LogP) is 4.21. The maximum atomic E-state index is 5.92. The summed E-state index contributed by atoms with van der Waals surface area (Å²) in [6, 6.07) is 14.2. The fraction of sp³-hybridized carbons (Fsp3) is 0.125. The van der Waals surface area contributed by atoms with Crippen molar-refractivity contribution in [2.45, 2.75) is 17.3 Å². The highest BCUT2D eigenvalue weighted by Crippen LogP contribution is 2.36. The first-order valence-corrected chi connectivity index (χ1v) is 8.61. The van der Waals surface area contributed by atoms with Crippen molar-refractivity contribution < 1.29 is 4.74 Å². The maximum absolute atomic E-state index is 5.92. The molecule has 0 fully saturated rings. The average molecular weight is 374 g/mol. The van der Waals surface area contributed by atoms with Gasteiger partial charge < -0.3 is 4.74 Å². The number of halogens is 1. The Balaban J connectivity index is 1.57. The third-order valence-corrected chi connectivity index (χ3v) is 5.33. The highest BCUT2D eigenvalue weighted by atomic mass is 79.9. The van der Waals surface area contributed by atoms with E-state index in [9.17, 15) is 0 Å². The van der Waals surface area contributed by atoms with Gasteiger partial charge in [0.15, 0.2) is 0 Å². The molecule has 6 heteroatoms. The molecule has 0 radical (unpaired) electrons. The second-order valence-electron chi connectivity index (χ2n) is 4.92. The summed E-state index contributed by atoms with van der Waals surface area (Å²) in [6.45, 7) is 0.544. The van der Waals surface area contributed by atoms with Crippen LogP contribution in [0.5, 0.6) is 5.75 Å². The molecule has 0 atom stereocenters. The number of nitrogens with zero attached hydrogens (tertiary/aromatic N) is 3. The molecule has 0 saturated carbocycles. The van der Waals surface area contributed by atoms with Gasteiger partial charge in [-0.25, -0.2) is 0 Å². The number of aromatic nitrogens is 3. The number of benzene rings is 2. The molecule has 0 spiro atoms. The van der Waals surface area contributed by atoms with Crippen molar-refractivity contribution in [3.05, 3.63) is 64.7 Å². The Hall–Kier alpha value is -1.79. The molecule has 2 aromatic carbocycles. The van der Waals surface area contributed by atoms with Gasteiger partial charge in [-0.3, -0.25) is 4.57 Å². The molecule has 0 amide bonds. The van der Waals surface area contributed by atoms with Crippen molar-refractivity contribution in [3.8, 4) is 11.4 Å². The predicted molar refractivity (Wildman–Crippen MR) is 89.4 cm³/mol. The van der Waals surface area contributed by atoms with E-state index in [2.05, 4.69) is 44.3 Å². The molecule has 4 rings (SSSR count). The fourth-order valence-corrected chi connectivity index (χ4v) is 3.77. The van der Waals surface area contributed by atoms with E-state index in [1.807, 2.05) is 28.8 Å². The van der Waals surface area contributed by atoms with Gasteiger partial charge in [0, 0.05) is 14.9 Å². The summed E-state index contributed by atoms with van der Waals surface area (Å²) in [7, 11) is 0. The summed E-state index contributed by atoms with van der Waals surface area (Å²) in [5.74, 6) is 2.69. The number of rotatable bonds is 3. The van der Waals surface area contributed by atoms with Crippen LogP contribution >= 0.6 is 27.7 Å². The van der Waals surface area contributed by atoms with Crippen LogP contribution in [0.2, 0.25) is 0 Å². The Morgan fingerprint density at radius 2 is 2.14 bits per heavy atom. The lowest BCUT2D eigenvalue weighted by Gasteiger charge is -2.18. The van der Waals surface area contributed by atoms with E-state index in [1.54, 1.807) is 18.1 Å². The highest BCUT2D eigenvalue weighted by molar-refractivity contribution is 9.10. The molecule has 1 aromatic heterocycles. The normalized spacial score (nSPS) is 12.6. The van der Waals surface area contributed by atoms with Gasteiger partial charge in [-0.1, -0.05) is 34.1 Å². The first-order valence-electron chi connectivity index (χ1n) is 6.83. The molecule has 22 heavy (non-hydrogen) atoms. The van der Waals surface area contributed by atoms with Gasteiger partial charge in [0.2, 0.25) is 0 Å².